The third-order valence-corrected chi connectivity index (χ3v) is 3.54. The third kappa shape index (κ3) is 3.07. The van der Waals surface area contributed by atoms with Gasteiger partial charge < -0.3 is 15.8 Å². The molecule has 3 heterocycles. The van der Waals surface area contributed by atoms with Crippen molar-refractivity contribution in [1.29, 1.82) is 0 Å². The summed E-state index contributed by atoms with van der Waals surface area (Å²) < 4.78 is 7.11. The molecule has 1 aliphatic rings. The average Bonchev–Trinajstić information content (AvgIpc) is 3.15. The second kappa shape index (κ2) is 6.00. The smallest absolute Gasteiger partial charge is 0.258 e. The van der Waals surface area contributed by atoms with Crippen LogP contribution in [-0.2, 0) is 4.74 Å². The van der Waals surface area contributed by atoms with Gasteiger partial charge in [-0.25, -0.2) is 4.98 Å². The fourth-order valence-electron chi connectivity index (χ4n) is 2.47. The highest BCUT2D eigenvalue weighted by molar-refractivity contribution is 5.34. The first-order valence-corrected chi connectivity index (χ1v) is 6.98. The van der Waals surface area contributed by atoms with Gasteiger partial charge in [0.15, 0.2) is 0 Å². The number of hydrogen-bond acceptors (Lipinski definition) is 8. The number of hydrogen-bond donors (Lipinski definition) is 2. The lowest BCUT2D eigenvalue weighted by Crippen LogP contribution is -2.24. The summed E-state index contributed by atoms with van der Waals surface area (Å²) in [7, 11) is 0. The lowest BCUT2D eigenvalue weighted by atomic mass is 10.00. The first-order valence-electron chi connectivity index (χ1n) is 6.98. The van der Waals surface area contributed by atoms with E-state index in [4.69, 9.17) is 10.5 Å². The van der Waals surface area contributed by atoms with Gasteiger partial charge in [-0.2, -0.15) is 24.7 Å². The van der Waals surface area contributed by atoms with E-state index in [1.54, 1.807) is 0 Å². The summed E-state index contributed by atoms with van der Waals surface area (Å²) in [5, 5.41) is 7.19. The molecule has 3 N–H and O–H groups in total. The summed E-state index contributed by atoms with van der Waals surface area (Å²) in [4.78, 5) is 16.3. The minimum Gasteiger partial charge on any atom is -0.378 e. The molecular formula is C12H18N8O. The van der Waals surface area contributed by atoms with Gasteiger partial charge in [0, 0.05) is 19.1 Å². The Balaban J connectivity index is 1.71. The van der Waals surface area contributed by atoms with E-state index in [1.165, 1.54) is 17.3 Å². The second-order valence-corrected chi connectivity index (χ2v) is 4.90. The molecule has 0 amide bonds. The molecule has 2 aromatic heterocycles. The molecule has 2 unspecified atom stereocenters. The predicted octanol–water partition coefficient (Wildman–Crippen LogP) is 0.261. The highest BCUT2D eigenvalue weighted by atomic mass is 16.5. The Bertz CT molecular complexity index is 587. The van der Waals surface area contributed by atoms with Crippen LogP contribution in [0.5, 0.6) is 0 Å². The van der Waals surface area contributed by atoms with Gasteiger partial charge in [-0.15, -0.1) is 0 Å². The quantitative estimate of drug-likeness (QED) is 0.805. The van der Waals surface area contributed by atoms with E-state index >= 15 is 0 Å². The Kier molecular flexibility index (Phi) is 3.91. The normalized spacial score (nSPS) is 21.6. The van der Waals surface area contributed by atoms with Gasteiger partial charge >= 0.3 is 0 Å². The summed E-state index contributed by atoms with van der Waals surface area (Å²) in [5.41, 5.74) is 5.71. The fourth-order valence-corrected chi connectivity index (χ4v) is 2.47. The van der Waals surface area contributed by atoms with Crippen molar-refractivity contribution < 1.29 is 4.74 Å². The maximum absolute atomic E-state index is 5.71. The molecular weight excluding hydrogens is 272 g/mol. The number of rotatable bonds is 5. The van der Waals surface area contributed by atoms with Crippen LogP contribution in [0.25, 0.3) is 5.95 Å². The molecule has 1 fully saturated rings. The molecule has 2 aromatic rings. The lowest BCUT2D eigenvalue weighted by Gasteiger charge is -2.17. The van der Waals surface area contributed by atoms with E-state index < -0.39 is 0 Å². The molecule has 0 spiro atoms. The van der Waals surface area contributed by atoms with Crippen molar-refractivity contribution in [3.8, 4) is 5.95 Å². The lowest BCUT2D eigenvalue weighted by molar-refractivity contribution is 0.0900. The zero-order valence-electron chi connectivity index (χ0n) is 11.8. The van der Waals surface area contributed by atoms with Gasteiger partial charge in [0.2, 0.25) is 11.9 Å². The van der Waals surface area contributed by atoms with Crippen LogP contribution in [0.15, 0.2) is 12.7 Å². The first-order chi connectivity index (χ1) is 10.3. The Morgan fingerprint density at radius 1 is 1.43 bits per heavy atom. The monoisotopic (exact) mass is 290 g/mol. The summed E-state index contributed by atoms with van der Waals surface area (Å²) in [6.45, 7) is 3.69. The second-order valence-electron chi connectivity index (χ2n) is 4.90. The van der Waals surface area contributed by atoms with Crippen LogP contribution in [0.4, 0.5) is 11.9 Å². The molecule has 0 aromatic carbocycles. The Hall–Kier alpha value is -2.29. The van der Waals surface area contributed by atoms with Crippen LogP contribution < -0.4 is 11.1 Å². The summed E-state index contributed by atoms with van der Waals surface area (Å²) in [6, 6.07) is 0. The molecule has 0 bridgehead atoms. The van der Waals surface area contributed by atoms with Gasteiger partial charge in [-0.1, -0.05) is 6.92 Å². The van der Waals surface area contributed by atoms with Gasteiger partial charge in [0.1, 0.15) is 12.7 Å². The van der Waals surface area contributed by atoms with Crippen LogP contribution in [0, 0.1) is 5.92 Å². The Labute approximate surface area is 122 Å². The molecule has 21 heavy (non-hydrogen) atoms. The standard InChI is InChI=1S/C12H18N8O/c1-2-9-8(3-4-21-9)5-15-11-17-10(13)18-12(19-11)20-7-14-6-16-20/h6-9H,2-5H2,1H3,(H3,13,15,17,18,19). The van der Waals surface area contributed by atoms with Crippen molar-refractivity contribution in [3.05, 3.63) is 12.7 Å². The molecule has 0 saturated carbocycles. The summed E-state index contributed by atoms with van der Waals surface area (Å²) in [5.74, 6) is 1.39. The third-order valence-electron chi connectivity index (χ3n) is 3.54. The van der Waals surface area contributed by atoms with Crippen molar-refractivity contribution in [2.45, 2.75) is 25.9 Å². The topological polar surface area (TPSA) is 117 Å². The Morgan fingerprint density at radius 2 is 2.33 bits per heavy atom. The molecule has 2 atom stereocenters. The molecule has 0 aliphatic carbocycles. The SMILES string of the molecule is CCC1OCCC1CNc1nc(N)nc(-n2cncn2)n1. The van der Waals surface area contributed by atoms with E-state index in [1.807, 2.05) is 0 Å². The van der Waals surface area contributed by atoms with Crippen LogP contribution in [0.1, 0.15) is 19.8 Å². The van der Waals surface area contributed by atoms with Crippen LogP contribution in [-0.4, -0.2) is 49.0 Å². The molecule has 112 valence electrons. The number of anilines is 2. The fraction of sp³-hybridized carbons (Fsp3) is 0.583. The number of nitrogens with one attached hydrogen (secondary N) is 1. The number of nitrogen functional groups attached to an aromatic ring is 1. The number of ether oxygens (including phenoxy) is 1. The maximum atomic E-state index is 5.71. The van der Waals surface area contributed by atoms with Crippen molar-refractivity contribution >= 4 is 11.9 Å². The van der Waals surface area contributed by atoms with Gasteiger partial charge in [0.25, 0.3) is 5.95 Å². The van der Waals surface area contributed by atoms with Gasteiger partial charge in [-0.3, -0.25) is 0 Å². The Morgan fingerprint density at radius 3 is 3.10 bits per heavy atom. The van der Waals surface area contributed by atoms with Crippen molar-refractivity contribution in [1.82, 2.24) is 29.7 Å². The van der Waals surface area contributed by atoms with Gasteiger partial charge in [-0.05, 0) is 12.8 Å². The van der Waals surface area contributed by atoms with E-state index in [0.717, 1.165) is 26.0 Å². The van der Waals surface area contributed by atoms with Crippen LogP contribution in [0.3, 0.4) is 0 Å². The largest absolute Gasteiger partial charge is 0.378 e. The first kappa shape index (κ1) is 13.7. The zero-order chi connectivity index (χ0) is 14.7. The van der Waals surface area contributed by atoms with Crippen LogP contribution >= 0.6 is 0 Å². The molecule has 9 nitrogen and oxygen atoms in total. The molecule has 0 radical (unpaired) electrons. The molecule has 3 rings (SSSR count). The van der Waals surface area contributed by atoms with Crippen LogP contribution in [0.2, 0.25) is 0 Å². The minimum atomic E-state index is 0.146. The zero-order valence-corrected chi connectivity index (χ0v) is 11.8. The van der Waals surface area contributed by atoms with E-state index in [-0.39, 0.29) is 5.95 Å². The number of nitrogens with two attached hydrogens (primary N) is 1. The highest BCUT2D eigenvalue weighted by Gasteiger charge is 2.26. The number of aromatic nitrogens is 6. The minimum absolute atomic E-state index is 0.146. The van der Waals surface area contributed by atoms with E-state index in [2.05, 4.69) is 37.3 Å². The molecule has 1 aliphatic heterocycles. The molecule has 1 saturated heterocycles. The summed E-state index contributed by atoms with van der Waals surface area (Å²) in [6.07, 6.45) is 5.27. The van der Waals surface area contributed by atoms with Crippen molar-refractivity contribution in [3.63, 3.8) is 0 Å². The van der Waals surface area contributed by atoms with Crippen molar-refractivity contribution in [2.75, 3.05) is 24.2 Å². The maximum Gasteiger partial charge on any atom is 0.258 e. The summed E-state index contributed by atoms with van der Waals surface area (Å²) >= 11 is 0. The number of nitrogens with zero attached hydrogens (tertiary/aromatic N) is 6. The molecule has 9 heteroatoms. The van der Waals surface area contributed by atoms with E-state index in [9.17, 15) is 0 Å². The van der Waals surface area contributed by atoms with Crippen molar-refractivity contribution in [2.24, 2.45) is 5.92 Å². The van der Waals surface area contributed by atoms with Gasteiger partial charge in [0.05, 0.1) is 6.10 Å². The highest BCUT2D eigenvalue weighted by Crippen LogP contribution is 2.23. The van der Waals surface area contributed by atoms with E-state index in [0.29, 0.717) is 23.9 Å². The predicted molar refractivity (Wildman–Crippen MR) is 75.8 cm³/mol. The average molecular weight is 290 g/mol.